The highest BCUT2D eigenvalue weighted by atomic mass is 32.2. The lowest BCUT2D eigenvalue weighted by Gasteiger charge is -2.04. The van der Waals surface area contributed by atoms with E-state index in [1.807, 2.05) is 6.07 Å². The number of hydrogen-bond donors (Lipinski definition) is 2. The van der Waals surface area contributed by atoms with E-state index in [1.54, 1.807) is 30.6 Å². The molecule has 0 bridgehead atoms. The number of pyridine rings is 1. The molecule has 0 radical (unpaired) electrons. The van der Waals surface area contributed by atoms with Crippen LogP contribution >= 0.6 is 11.3 Å². The van der Waals surface area contributed by atoms with Crippen LogP contribution in [0.2, 0.25) is 0 Å². The Kier molecular flexibility index (Phi) is 4.65. The van der Waals surface area contributed by atoms with Gasteiger partial charge in [0.05, 0.1) is 0 Å². The number of nitrogens with zero attached hydrogens (tertiary/aromatic N) is 1. The summed E-state index contributed by atoms with van der Waals surface area (Å²) in [7, 11) is -3.46. The number of aromatic nitrogens is 1. The second-order valence-electron chi connectivity index (χ2n) is 3.95. The third-order valence-electron chi connectivity index (χ3n) is 2.48. The van der Waals surface area contributed by atoms with Gasteiger partial charge < -0.3 is 5.73 Å². The second kappa shape index (κ2) is 6.25. The third-order valence-corrected chi connectivity index (χ3v) is 5.52. The van der Waals surface area contributed by atoms with Gasteiger partial charge in [-0.1, -0.05) is 6.07 Å². The summed E-state index contributed by atoms with van der Waals surface area (Å²) in [6.07, 6.45) is 3.98. The van der Waals surface area contributed by atoms with Crippen molar-refractivity contribution in [2.75, 3.05) is 6.54 Å². The van der Waals surface area contributed by atoms with Crippen molar-refractivity contribution in [3.05, 3.63) is 47.1 Å². The van der Waals surface area contributed by atoms with E-state index in [0.29, 0.717) is 17.2 Å². The highest BCUT2D eigenvalue weighted by Gasteiger charge is 2.16. The summed E-state index contributed by atoms with van der Waals surface area (Å²) in [5.41, 5.74) is 6.27. The van der Waals surface area contributed by atoms with Crippen LogP contribution in [0.15, 0.2) is 40.9 Å². The van der Waals surface area contributed by atoms with Crippen molar-refractivity contribution in [1.82, 2.24) is 9.71 Å². The highest BCUT2D eigenvalue weighted by molar-refractivity contribution is 7.91. The van der Waals surface area contributed by atoms with E-state index < -0.39 is 10.0 Å². The zero-order valence-electron chi connectivity index (χ0n) is 10.2. The zero-order valence-corrected chi connectivity index (χ0v) is 11.9. The van der Waals surface area contributed by atoms with E-state index in [-0.39, 0.29) is 6.54 Å². The van der Waals surface area contributed by atoms with E-state index in [2.05, 4.69) is 9.71 Å². The smallest absolute Gasteiger partial charge is 0.250 e. The Morgan fingerprint density at radius 3 is 2.84 bits per heavy atom. The Balaban J connectivity index is 2.05. The molecule has 0 aliphatic heterocycles. The van der Waals surface area contributed by atoms with Gasteiger partial charge >= 0.3 is 0 Å². The molecule has 0 aromatic carbocycles. The molecule has 3 N–H and O–H groups in total. The quantitative estimate of drug-likeness (QED) is 0.837. The maximum atomic E-state index is 12.1. The van der Waals surface area contributed by atoms with Crippen LogP contribution in [0.5, 0.6) is 0 Å². The van der Waals surface area contributed by atoms with Gasteiger partial charge in [-0.05, 0) is 36.7 Å². The Hall–Kier alpha value is -1.28. The van der Waals surface area contributed by atoms with Gasteiger partial charge in [0.25, 0.3) is 0 Å². The van der Waals surface area contributed by atoms with Crippen molar-refractivity contribution in [2.24, 2.45) is 5.73 Å². The van der Waals surface area contributed by atoms with Crippen LogP contribution in [-0.4, -0.2) is 19.9 Å². The molecular formula is C12H15N3O2S2. The van der Waals surface area contributed by atoms with Crippen LogP contribution in [0.25, 0.3) is 0 Å². The van der Waals surface area contributed by atoms with Gasteiger partial charge in [-0.15, -0.1) is 11.3 Å². The Labute approximate surface area is 116 Å². The molecule has 2 rings (SSSR count). The number of hydrogen-bond acceptors (Lipinski definition) is 5. The fraction of sp³-hybridized carbons (Fsp3) is 0.250. The molecule has 0 spiro atoms. The maximum Gasteiger partial charge on any atom is 0.250 e. The van der Waals surface area contributed by atoms with Crippen molar-refractivity contribution < 1.29 is 8.42 Å². The summed E-state index contributed by atoms with van der Waals surface area (Å²) in [5, 5.41) is 0. The second-order valence-corrected chi connectivity index (χ2v) is 7.11. The van der Waals surface area contributed by atoms with Crippen LogP contribution in [0, 0.1) is 0 Å². The van der Waals surface area contributed by atoms with Gasteiger partial charge in [0.15, 0.2) is 0 Å². The molecule has 19 heavy (non-hydrogen) atoms. The molecule has 5 nitrogen and oxygen atoms in total. The number of thiophene rings is 1. The Morgan fingerprint density at radius 2 is 2.16 bits per heavy atom. The molecule has 0 aliphatic rings. The number of nitrogens with two attached hydrogens (primary N) is 1. The van der Waals surface area contributed by atoms with E-state index in [1.165, 1.54) is 11.3 Å². The van der Waals surface area contributed by atoms with Crippen LogP contribution in [-0.2, 0) is 23.0 Å². The SMILES string of the molecule is NCCc1ccc(S(=O)(=O)NCc2cccnc2)s1. The van der Waals surface area contributed by atoms with Crippen molar-refractivity contribution in [2.45, 2.75) is 17.2 Å². The lowest BCUT2D eigenvalue weighted by molar-refractivity contribution is 0.583. The summed E-state index contributed by atoms with van der Waals surface area (Å²) in [5.74, 6) is 0. The minimum absolute atomic E-state index is 0.236. The average Bonchev–Trinajstić information content (AvgIpc) is 2.88. The number of nitrogens with one attached hydrogen (secondary N) is 1. The molecule has 2 heterocycles. The molecule has 2 aromatic heterocycles. The minimum atomic E-state index is -3.46. The molecule has 0 saturated heterocycles. The molecule has 0 aliphatic carbocycles. The molecule has 102 valence electrons. The lowest BCUT2D eigenvalue weighted by Crippen LogP contribution is -2.22. The summed E-state index contributed by atoms with van der Waals surface area (Å²) in [4.78, 5) is 4.92. The molecule has 0 amide bonds. The van der Waals surface area contributed by atoms with Crippen molar-refractivity contribution in [3.63, 3.8) is 0 Å². The van der Waals surface area contributed by atoms with Crippen LogP contribution < -0.4 is 10.5 Å². The van der Waals surface area contributed by atoms with Crippen molar-refractivity contribution in [3.8, 4) is 0 Å². The first-order valence-corrected chi connectivity index (χ1v) is 8.09. The number of sulfonamides is 1. The predicted molar refractivity (Wildman–Crippen MR) is 75.3 cm³/mol. The van der Waals surface area contributed by atoms with Crippen LogP contribution in [0.4, 0.5) is 0 Å². The summed E-state index contributed by atoms with van der Waals surface area (Å²) >= 11 is 1.25. The molecule has 0 fully saturated rings. The van der Waals surface area contributed by atoms with E-state index in [4.69, 9.17) is 5.73 Å². The first-order chi connectivity index (χ1) is 9.12. The highest BCUT2D eigenvalue weighted by Crippen LogP contribution is 2.21. The topological polar surface area (TPSA) is 85.1 Å². The monoisotopic (exact) mass is 297 g/mol. The van der Waals surface area contributed by atoms with Crippen LogP contribution in [0.3, 0.4) is 0 Å². The van der Waals surface area contributed by atoms with Gasteiger partial charge in [0.1, 0.15) is 4.21 Å². The fourth-order valence-electron chi connectivity index (χ4n) is 1.53. The molecular weight excluding hydrogens is 282 g/mol. The zero-order chi connectivity index (χ0) is 13.7. The largest absolute Gasteiger partial charge is 0.330 e. The Bertz CT molecular complexity index is 623. The molecule has 0 atom stereocenters. The predicted octanol–water partition coefficient (Wildman–Crippen LogP) is 1.12. The van der Waals surface area contributed by atoms with E-state index in [0.717, 1.165) is 10.4 Å². The van der Waals surface area contributed by atoms with Gasteiger partial charge in [-0.3, -0.25) is 4.98 Å². The minimum Gasteiger partial charge on any atom is -0.330 e. The van der Waals surface area contributed by atoms with Gasteiger partial charge in [0, 0.05) is 23.8 Å². The first kappa shape index (κ1) is 14.1. The van der Waals surface area contributed by atoms with Crippen molar-refractivity contribution in [1.29, 1.82) is 0 Å². The molecule has 7 heteroatoms. The first-order valence-electron chi connectivity index (χ1n) is 5.79. The molecule has 0 saturated carbocycles. The summed E-state index contributed by atoms with van der Waals surface area (Å²) in [6, 6.07) is 7.01. The van der Waals surface area contributed by atoms with E-state index >= 15 is 0 Å². The third kappa shape index (κ3) is 3.84. The summed E-state index contributed by atoms with van der Waals surface area (Å²) in [6.45, 7) is 0.753. The molecule has 0 unspecified atom stereocenters. The van der Waals surface area contributed by atoms with Gasteiger partial charge in [-0.25, -0.2) is 13.1 Å². The van der Waals surface area contributed by atoms with Crippen LogP contribution in [0.1, 0.15) is 10.4 Å². The van der Waals surface area contributed by atoms with Gasteiger partial charge in [0.2, 0.25) is 10.0 Å². The standard InChI is InChI=1S/C12H15N3O2S2/c13-6-5-11-3-4-12(18-11)19(16,17)15-9-10-2-1-7-14-8-10/h1-4,7-8,15H,5-6,9,13H2. The lowest BCUT2D eigenvalue weighted by atomic mass is 10.3. The Morgan fingerprint density at radius 1 is 1.32 bits per heavy atom. The fourth-order valence-corrected chi connectivity index (χ4v) is 3.96. The maximum absolute atomic E-state index is 12.1. The summed E-state index contributed by atoms with van der Waals surface area (Å²) < 4.78 is 27.0. The number of rotatable bonds is 6. The normalized spacial score (nSPS) is 11.6. The van der Waals surface area contributed by atoms with Crippen molar-refractivity contribution >= 4 is 21.4 Å². The van der Waals surface area contributed by atoms with E-state index in [9.17, 15) is 8.42 Å². The molecule has 2 aromatic rings. The van der Waals surface area contributed by atoms with Gasteiger partial charge in [-0.2, -0.15) is 0 Å². The average molecular weight is 297 g/mol.